The third-order valence-corrected chi connectivity index (χ3v) is 3.09. The predicted molar refractivity (Wildman–Crippen MR) is 56.0 cm³/mol. The number of nitriles is 1. The summed E-state index contributed by atoms with van der Waals surface area (Å²) in [6.45, 7) is 0.0674. The lowest BCUT2D eigenvalue weighted by Crippen LogP contribution is -2.36. The van der Waals surface area contributed by atoms with Crippen molar-refractivity contribution in [3.63, 3.8) is 0 Å². The summed E-state index contributed by atoms with van der Waals surface area (Å²) in [7, 11) is 0. The monoisotopic (exact) mass is 250 g/mol. The van der Waals surface area contributed by atoms with E-state index in [9.17, 15) is 18.3 Å². The Morgan fingerprint density at radius 3 is 2.65 bits per heavy atom. The Labute approximate surface area is 98.6 Å². The molecule has 0 heterocycles. The van der Waals surface area contributed by atoms with E-state index < -0.39 is 12.1 Å². The van der Waals surface area contributed by atoms with Gasteiger partial charge in [0.1, 0.15) is 0 Å². The molecule has 3 nitrogen and oxygen atoms in total. The Balaban J connectivity index is 2.25. The molecule has 1 saturated carbocycles. The normalized spacial score (nSPS) is 27.5. The summed E-state index contributed by atoms with van der Waals surface area (Å²) in [5.74, 6) is -1.73. The minimum Gasteiger partial charge on any atom is -0.393 e. The molecule has 1 aliphatic rings. The molecular weight excluding hydrogens is 233 g/mol. The lowest BCUT2D eigenvalue weighted by molar-refractivity contribution is -0.157. The van der Waals surface area contributed by atoms with Gasteiger partial charge < -0.3 is 10.4 Å². The van der Waals surface area contributed by atoms with Gasteiger partial charge in [-0.3, -0.25) is 0 Å². The molecule has 0 spiro atoms. The van der Waals surface area contributed by atoms with Gasteiger partial charge in [0.15, 0.2) is 5.92 Å². The van der Waals surface area contributed by atoms with Crippen LogP contribution in [0.25, 0.3) is 0 Å². The summed E-state index contributed by atoms with van der Waals surface area (Å²) in [5, 5.41) is 20.5. The van der Waals surface area contributed by atoms with Crippen LogP contribution in [0.15, 0.2) is 0 Å². The number of aliphatic hydroxyl groups is 1. The van der Waals surface area contributed by atoms with Crippen LogP contribution in [0, 0.1) is 23.2 Å². The first-order chi connectivity index (χ1) is 7.93. The van der Waals surface area contributed by atoms with Gasteiger partial charge in [0, 0.05) is 6.54 Å². The van der Waals surface area contributed by atoms with E-state index >= 15 is 0 Å². The van der Waals surface area contributed by atoms with E-state index in [1.54, 1.807) is 0 Å². The largest absolute Gasteiger partial charge is 0.405 e. The molecule has 17 heavy (non-hydrogen) atoms. The predicted octanol–water partition coefficient (Wildman–Crippen LogP) is 1.83. The van der Waals surface area contributed by atoms with Crippen molar-refractivity contribution in [2.24, 2.45) is 11.8 Å². The summed E-state index contributed by atoms with van der Waals surface area (Å²) in [6.07, 6.45) is -1.55. The van der Waals surface area contributed by atoms with E-state index in [1.807, 2.05) is 0 Å². The fraction of sp³-hybridized carbons (Fsp3) is 0.909. The second-order valence-corrected chi connectivity index (χ2v) is 4.57. The molecule has 0 aliphatic heterocycles. The number of halogens is 3. The van der Waals surface area contributed by atoms with Gasteiger partial charge in [-0.1, -0.05) is 6.42 Å². The molecule has 3 unspecified atom stereocenters. The van der Waals surface area contributed by atoms with Crippen molar-refractivity contribution in [1.29, 1.82) is 5.26 Å². The molecule has 6 heteroatoms. The second-order valence-electron chi connectivity index (χ2n) is 4.57. The number of hydrogen-bond donors (Lipinski definition) is 2. The van der Waals surface area contributed by atoms with Crippen molar-refractivity contribution in [3.8, 4) is 6.07 Å². The lowest BCUT2D eigenvalue weighted by Gasteiger charge is -2.26. The maximum Gasteiger partial charge on any atom is 0.405 e. The third-order valence-electron chi connectivity index (χ3n) is 3.09. The smallest absolute Gasteiger partial charge is 0.393 e. The molecule has 98 valence electrons. The first-order valence-corrected chi connectivity index (χ1v) is 5.78. The van der Waals surface area contributed by atoms with E-state index in [4.69, 9.17) is 5.26 Å². The molecule has 3 atom stereocenters. The molecule has 0 aromatic heterocycles. The van der Waals surface area contributed by atoms with E-state index in [0.29, 0.717) is 13.0 Å². The highest BCUT2D eigenvalue weighted by Crippen LogP contribution is 2.26. The van der Waals surface area contributed by atoms with Crippen molar-refractivity contribution in [2.45, 2.75) is 38.0 Å². The summed E-state index contributed by atoms with van der Waals surface area (Å²) in [4.78, 5) is 0. The maximum atomic E-state index is 12.2. The second kappa shape index (κ2) is 6.22. The van der Waals surface area contributed by atoms with E-state index in [2.05, 4.69) is 5.32 Å². The Morgan fingerprint density at radius 2 is 2.12 bits per heavy atom. The summed E-state index contributed by atoms with van der Waals surface area (Å²) in [6, 6.07) is 1.25. The Bertz CT molecular complexity index is 275. The number of nitrogens with zero attached hydrogens (tertiary/aromatic N) is 1. The van der Waals surface area contributed by atoms with Gasteiger partial charge in [-0.25, -0.2) is 0 Å². The third kappa shape index (κ3) is 4.92. The van der Waals surface area contributed by atoms with Crippen molar-refractivity contribution >= 4 is 0 Å². The topological polar surface area (TPSA) is 56.0 Å². The molecule has 0 saturated heterocycles. The average molecular weight is 250 g/mol. The molecule has 0 bridgehead atoms. The van der Waals surface area contributed by atoms with E-state index in [0.717, 1.165) is 19.3 Å². The van der Waals surface area contributed by atoms with Crippen molar-refractivity contribution in [3.05, 3.63) is 0 Å². The highest BCUT2D eigenvalue weighted by Gasteiger charge is 2.39. The Hall–Kier alpha value is -0.800. The van der Waals surface area contributed by atoms with Gasteiger partial charge in [-0.05, 0) is 31.7 Å². The van der Waals surface area contributed by atoms with Crippen LogP contribution in [-0.4, -0.2) is 30.5 Å². The summed E-state index contributed by atoms with van der Waals surface area (Å²) in [5.41, 5.74) is 0. The molecular formula is C11H17F3N2O. The maximum absolute atomic E-state index is 12.2. The van der Waals surface area contributed by atoms with Crippen LogP contribution < -0.4 is 5.32 Å². The first kappa shape index (κ1) is 14.3. The Morgan fingerprint density at radius 1 is 1.41 bits per heavy atom. The van der Waals surface area contributed by atoms with E-state index in [-0.39, 0.29) is 18.6 Å². The Kier molecular flexibility index (Phi) is 5.22. The van der Waals surface area contributed by atoms with Crippen molar-refractivity contribution < 1.29 is 18.3 Å². The fourth-order valence-electron chi connectivity index (χ4n) is 2.11. The number of hydrogen-bond acceptors (Lipinski definition) is 3. The molecule has 0 radical (unpaired) electrons. The minimum atomic E-state index is -4.46. The van der Waals surface area contributed by atoms with Gasteiger partial charge in [0.2, 0.25) is 0 Å². The van der Waals surface area contributed by atoms with Gasteiger partial charge >= 0.3 is 6.18 Å². The highest BCUT2D eigenvalue weighted by atomic mass is 19.4. The molecule has 0 amide bonds. The molecule has 2 N–H and O–H groups in total. The number of alkyl halides is 3. The van der Waals surface area contributed by atoms with Crippen molar-refractivity contribution in [2.75, 3.05) is 13.1 Å². The highest BCUT2D eigenvalue weighted by molar-refractivity contribution is 4.90. The van der Waals surface area contributed by atoms with Crippen LogP contribution in [0.3, 0.4) is 0 Å². The first-order valence-electron chi connectivity index (χ1n) is 5.78. The number of aliphatic hydroxyl groups excluding tert-OH is 1. The van der Waals surface area contributed by atoms with Crippen LogP contribution in [0.4, 0.5) is 13.2 Å². The number of nitrogens with one attached hydrogen (secondary N) is 1. The molecule has 1 rings (SSSR count). The van der Waals surface area contributed by atoms with Gasteiger partial charge in [0.25, 0.3) is 0 Å². The van der Waals surface area contributed by atoms with Crippen LogP contribution in [0.1, 0.15) is 25.7 Å². The molecule has 1 aliphatic carbocycles. The van der Waals surface area contributed by atoms with Gasteiger partial charge in [-0.2, -0.15) is 18.4 Å². The lowest BCUT2D eigenvalue weighted by atomic mass is 9.87. The van der Waals surface area contributed by atoms with Gasteiger partial charge in [0.05, 0.1) is 12.2 Å². The summed E-state index contributed by atoms with van der Waals surface area (Å²) < 4.78 is 36.7. The van der Waals surface area contributed by atoms with Gasteiger partial charge in [-0.15, -0.1) is 0 Å². The van der Waals surface area contributed by atoms with E-state index in [1.165, 1.54) is 6.07 Å². The SMILES string of the molecule is N#CC(CNCC1CCCC(O)C1)C(F)(F)F. The quantitative estimate of drug-likeness (QED) is 0.800. The zero-order valence-corrected chi connectivity index (χ0v) is 9.50. The molecule has 1 fully saturated rings. The van der Waals surface area contributed by atoms with Crippen LogP contribution in [-0.2, 0) is 0 Å². The summed E-state index contributed by atoms with van der Waals surface area (Å²) >= 11 is 0. The van der Waals surface area contributed by atoms with Crippen LogP contribution >= 0.6 is 0 Å². The molecule has 0 aromatic carbocycles. The average Bonchev–Trinajstić information content (AvgIpc) is 2.22. The van der Waals surface area contributed by atoms with Crippen molar-refractivity contribution in [1.82, 2.24) is 5.32 Å². The fourth-order valence-corrected chi connectivity index (χ4v) is 2.11. The molecule has 0 aromatic rings. The zero-order chi connectivity index (χ0) is 12.9. The zero-order valence-electron chi connectivity index (χ0n) is 9.50. The number of rotatable bonds is 4. The van der Waals surface area contributed by atoms with Crippen LogP contribution in [0.2, 0.25) is 0 Å². The van der Waals surface area contributed by atoms with Crippen LogP contribution in [0.5, 0.6) is 0 Å². The standard InChI is InChI=1S/C11H17F3N2O/c12-11(13,14)9(5-15)7-16-6-8-2-1-3-10(17)4-8/h8-10,16-17H,1-4,6-7H2. The minimum absolute atomic E-state index is 0.214.